The van der Waals surface area contributed by atoms with Gasteiger partial charge in [-0.3, -0.25) is 4.79 Å². The number of hydrogen-bond donors (Lipinski definition) is 2. The number of aromatic amines is 1. The molecule has 0 spiro atoms. The second kappa shape index (κ2) is 3.79. The van der Waals surface area contributed by atoms with Crippen molar-refractivity contribution in [2.45, 2.75) is 25.0 Å². The largest absolute Gasteiger partial charge is 0.381 e. The molecule has 1 heterocycles. The van der Waals surface area contributed by atoms with E-state index in [4.69, 9.17) is 4.74 Å². The van der Waals surface area contributed by atoms with Crippen molar-refractivity contribution in [3.63, 3.8) is 0 Å². The van der Waals surface area contributed by atoms with Crippen LogP contribution in [0.3, 0.4) is 0 Å². The minimum atomic E-state index is -0.173. The van der Waals surface area contributed by atoms with Gasteiger partial charge in [-0.15, -0.1) is 0 Å². The van der Waals surface area contributed by atoms with Gasteiger partial charge < -0.3 is 15.0 Å². The van der Waals surface area contributed by atoms with Crippen LogP contribution in [0.15, 0.2) is 17.2 Å². The quantitative estimate of drug-likeness (QED) is 0.730. The van der Waals surface area contributed by atoms with Gasteiger partial charge in [-0.2, -0.15) is 0 Å². The van der Waals surface area contributed by atoms with E-state index in [2.05, 4.69) is 15.3 Å². The van der Waals surface area contributed by atoms with Crippen molar-refractivity contribution in [1.29, 1.82) is 0 Å². The van der Waals surface area contributed by atoms with Crippen LogP contribution in [0.1, 0.15) is 12.8 Å². The Hall–Kier alpha value is -1.36. The van der Waals surface area contributed by atoms with E-state index in [1.165, 1.54) is 6.20 Å². The maximum atomic E-state index is 11.2. The van der Waals surface area contributed by atoms with E-state index >= 15 is 0 Å². The highest BCUT2D eigenvalue weighted by molar-refractivity contribution is 5.32. The summed E-state index contributed by atoms with van der Waals surface area (Å²) in [6, 6.07) is 0.316. The standard InChI is InChI=1S/C9H13N3O2/c1-14-7-4-6(5-7)12-8-9(13)11-3-2-10-8/h2-3,6-7H,4-5H2,1H3,(H,10,12)(H,11,13). The van der Waals surface area contributed by atoms with Crippen LogP contribution in [0.5, 0.6) is 0 Å². The summed E-state index contributed by atoms with van der Waals surface area (Å²) >= 11 is 0. The van der Waals surface area contributed by atoms with Crippen molar-refractivity contribution in [3.05, 3.63) is 22.7 Å². The highest BCUT2D eigenvalue weighted by atomic mass is 16.5. The summed E-state index contributed by atoms with van der Waals surface area (Å²) in [4.78, 5) is 17.8. The number of aromatic nitrogens is 2. The minimum absolute atomic E-state index is 0.173. The van der Waals surface area contributed by atoms with Gasteiger partial charge in [0.25, 0.3) is 5.56 Å². The third kappa shape index (κ3) is 1.77. The number of hydrogen-bond acceptors (Lipinski definition) is 4. The summed E-state index contributed by atoms with van der Waals surface area (Å²) in [6.45, 7) is 0. The first-order valence-corrected chi connectivity index (χ1v) is 4.62. The minimum Gasteiger partial charge on any atom is -0.381 e. The zero-order valence-corrected chi connectivity index (χ0v) is 7.99. The predicted molar refractivity (Wildman–Crippen MR) is 52.3 cm³/mol. The van der Waals surface area contributed by atoms with Gasteiger partial charge in [0.15, 0.2) is 5.82 Å². The lowest BCUT2D eigenvalue weighted by atomic mass is 9.89. The Morgan fingerprint density at radius 3 is 3.07 bits per heavy atom. The number of rotatable bonds is 3. The van der Waals surface area contributed by atoms with Crippen LogP contribution < -0.4 is 10.9 Å². The molecule has 0 aromatic carbocycles. The molecule has 2 N–H and O–H groups in total. The predicted octanol–water partition coefficient (Wildman–Crippen LogP) is 0.359. The number of anilines is 1. The smallest absolute Gasteiger partial charge is 0.290 e. The maximum Gasteiger partial charge on any atom is 0.290 e. The highest BCUT2D eigenvalue weighted by Gasteiger charge is 2.29. The molecule has 0 radical (unpaired) electrons. The molecule has 0 aliphatic heterocycles. The average molecular weight is 195 g/mol. The van der Waals surface area contributed by atoms with Gasteiger partial charge in [-0.1, -0.05) is 0 Å². The van der Waals surface area contributed by atoms with Crippen LogP contribution >= 0.6 is 0 Å². The van der Waals surface area contributed by atoms with Crippen molar-refractivity contribution < 1.29 is 4.74 Å². The molecule has 0 bridgehead atoms. The molecule has 5 heteroatoms. The molecule has 1 aromatic heterocycles. The first-order chi connectivity index (χ1) is 6.79. The van der Waals surface area contributed by atoms with Crippen molar-refractivity contribution in [3.8, 4) is 0 Å². The summed E-state index contributed by atoms with van der Waals surface area (Å²) in [7, 11) is 1.70. The lowest BCUT2D eigenvalue weighted by molar-refractivity contribution is 0.0327. The number of nitrogens with one attached hydrogen (secondary N) is 2. The van der Waals surface area contributed by atoms with E-state index in [-0.39, 0.29) is 5.56 Å². The van der Waals surface area contributed by atoms with Gasteiger partial charge >= 0.3 is 0 Å². The molecule has 2 rings (SSSR count). The van der Waals surface area contributed by atoms with Gasteiger partial charge in [-0.25, -0.2) is 4.98 Å². The Bertz CT molecular complexity index is 357. The van der Waals surface area contributed by atoms with Crippen molar-refractivity contribution >= 4 is 5.82 Å². The number of H-pyrrole nitrogens is 1. The lowest BCUT2D eigenvalue weighted by Gasteiger charge is -2.34. The maximum absolute atomic E-state index is 11.2. The molecule has 1 aliphatic carbocycles. The Kier molecular flexibility index (Phi) is 2.49. The fraction of sp³-hybridized carbons (Fsp3) is 0.556. The van der Waals surface area contributed by atoms with Crippen LogP contribution in [0.2, 0.25) is 0 Å². The molecule has 14 heavy (non-hydrogen) atoms. The fourth-order valence-electron chi connectivity index (χ4n) is 1.52. The molecule has 76 valence electrons. The van der Waals surface area contributed by atoms with Crippen LogP contribution in [0.25, 0.3) is 0 Å². The first-order valence-electron chi connectivity index (χ1n) is 4.62. The van der Waals surface area contributed by atoms with E-state index in [9.17, 15) is 4.79 Å². The number of methoxy groups -OCH3 is 1. The Balaban J connectivity index is 1.93. The molecule has 1 fully saturated rings. The van der Waals surface area contributed by atoms with E-state index in [0.717, 1.165) is 12.8 Å². The monoisotopic (exact) mass is 195 g/mol. The van der Waals surface area contributed by atoms with E-state index < -0.39 is 0 Å². The molecule has 1 aromatic rings. The van der Waals surface area contributed by atoms with Crippen molar-refractivity contribution in [1.82, 2.24) is 9.97 Å². The topological polar surface area (TPSA) is 67.0 Å². The summed E-state index contributed by atoms with van der Waals surface area (Å²) < 4.78 is 5.14. The zero-order chi connectivity index (χ0) is 9.97. The highest BCUT2D eigenvalue weighted by Crippen LogP contribution is 2.24. The van der Waals surface area contributed by atoms with E-state index in [0.29, 0.717) is 18.0 Å². The van der Waals surface area contributed by atoms with Gasteiger partial charge in [0, 0.05) is 25.5 Å². The van der Waals surface area contributed by atoms with Crippen molar-refractivity contribution in [2.24, 2.45) is 0 Å². The third-order valence-electron chi connectivity index (χ3n) is 2.48. The average Bonchev–Trinajstić information content (AvgIpc) is 2.13. The normalized spacial score (nSPS) is 25.5. The lowest BCUT2D eigenvalue weighted by Crippen LogP contribution is -2.41. The molecule has 0 atom stereocenters. The van der Waals surface area contributed by atoms with Crippen LogP contribution in [-0.4, -0.2) is 29.2 Å². The van der Waals surface area contributed by atoms with E-state index in [1.807, 2.05) is 0 Å². The Morgan fingerprint density at radius 1 is 1.64 bits per heavy atom. The van der Waals surface area contributed by atoms with Crippen molar-refractivity contribution in [2.75, 3.05) is 12.4 Å². The Labute approximate surface area is 81.5 Å². The molecule has 1 saturated carbocycles. The molecular formula is C9H13N3O2. The van der Waals surface area contributed by atoms with Gasteiger partial charge in [-0.05, 0) is 12.8 Å². The summed E-state index contributed by atoms with van der Waals surface area (Å²) in [5, 5.41) is 3.08. The van der Waals surface area contributed by atoms with Crippen LogP contribution in [-0.2, 0) is 4.74 Å². The molecule has 0 saturated heterocycles. The van der Waals surface area contributed by atoms with Crippen LogP contribution in [0, 0.1) is 0 Å². The Morgan fingerprint density at radius 2 is 2.43 bits per heavy atom. The summed E-state index contributed by atoms with van der Waals surface area (Å²) in [5.41, 5.74) is -0.173. The second-order valence-corrected chi connectivity index (χ2v) is 3.44. The number of nitrogens with zero attached hydrogens (tertiary/aromatic N) is 1. The molecule has 1 aliphatic rings. The van der Waals surface area contributed by atoms with E-state index in [1.54, 1.807) is 13.3 Å². The zero-order valence-electron chi connectivity index (χ0n) is 7.99. The van der Waals surface area contributed by atoms with Gasteiger partial charge in [0.2, 0.25) is 0 Å². The molecule has 0 unspecified atom stereocenters. The van der Waals surface area contributed by atoms with Crippen LogP contribution in [0.4, 0.5) is 5.82 Å². The first kappa shape index (κ1) is 9.21. The second-order valence-electron chi connectivity index (χ2n) is 3.44. The molecular weight excluding hydrogens is 182 g/mol. The van der Waals surface area contributed by atoms with Gasteiger partial charge in [0.1, 0.15) is 0 Å². The third-order valence-corrected chi connectivity index (χ3v) is 2.48. The molecule has 0 amide bonds. The molecule has 5 nitrogen and oxygen atoms in total. The summed E-state index contributed by atoms with van der Waals surface area (Å²) in [5.74, 6) is 0.395. The SMILES string of the molecule is COC1CC(Nc2ncc[nH]c2=O)C1. The van der Waals surface area contributed by atoms with Gasteiger partial charge in [0.05, 0.1) is 6.10 Å². The number of ether oxygens (including phenoxy) is 1. The fourth-order valence-corrected chi connectivity index (χ4v) is 1.52. The summed E-state index contributed by atoms with van der Waals surface area (Å²) in [6.07, 6.45) is 5.29.